The molecule has 0 saturated carbocycles. The first-order valence-corrected chi connectivity index (χ1v) is 8.39. The molecule has 1 saturated heterocycles. The van der Waals surface area contributed by atoms with E-state index in [1.807, 2.05) is 17.1 Å². The molecule has 0 aromatic carbocycles. The lowest BCUT2D eigenvalue weighted by molar-refractivity contribution is 0.339. The number of nitrogens with zero attached hydrogens (tertiary/aromatic N) is 5. The first-order valence-electron chi connectivity index (χ1n) is 8.39. The Morgan fingerprint density at radius 1 is 1.18 bits per heavy atom. The minimum absolute atomic E-state index is 0.707. The van der Waals surface area contributed by atoms with Crippen molar-refractivity contribution in [3.8, 4) is 0 Å². The molecule has 3 heterocycles. The molecule has 0 atom stereocenters. The van der Waals surface area contributed by atoms with E-state index < -0.39 is 0 Å². The van der Waals surface area contributed by atoms with Gasteiger partial charge < -0.3 is 4.90 Å². The zero-order chi connectivity index (χ0) is 15.2. The van der Waals surface area contributed by atoms with Crippen molar-refractivity contribution in [1.82, 2.24) is 20.0 Å². The number of pyridine rings is 1. The average molecular weight is 299 g/mol. The van der Waals surface area contributed by atoms with Crippen LogP contribution in [-0.2, 0) is 13.0 Å². The number of aromatic nitrogens is 4. The molecule has 3 rings (SSSR count). The van der Waals surface area contributed by atoms with Gasteiger partial charge in [-0.25, -0.2) is 0 Å². The molecule has 1 fully saturated rings. The van der Waals surface area contributed by atoms with Gasteiger partial charge in [0.05, 0.1) is 5.69 Å². The summed E-state index contributed by atoms with van der Waals surface area (Å²) in [6.45, 7) is 5.45. The molecule has 5 heteroatoms. The highest BCUT2D eigenvalue weighted by atomic mass is 15.4. The van der Waals surface area contributed by atoms with Crippen LogP contribution in [-0.4, -0.2) is 33.1 Å². The molecule has 5 nitrogen and oxygen atoms in total. The Morgan fingerprint density at radius 3 is 2.68 bits per heavy atom. The topological polar surface area (TPSA) is 46.8 Å². The average Bonchev–Trinajstić information content (AvgIpc) is 3.02. The normalized spacial score (nSPS) is 16.1. The third-order valence-electron chi connectivity index (χ3n) is 4.46. The van der Waals surface area contributed by atoms with Gasteiger partial charge in [-0.2, -0.15) is 0 Å². The standard InChI is InChI=1S/C17H25N5/c1-2-3-4-16-14-22(20-19-16)13-15-7-11-21(12-8-15)17-5-9-18-10-6-17/h5-6,9-10,14-15H,2-4,7-8,11-13H2,1H3. The predicted octanol–water partition coefficient (Wildman–Crippen LogP) is 2.93. The Morgan fingerprint density at radius 2 is 1.95 bits per heavy atom. The molecule has 0 bridgehead atoms. The zero-order valence-electron chi connectivity index (χ0n) is 13.4. The van der Waals surface area contributed by atoms with E-state index in [1.54, 1.807) is 0 Å². The Hall–Kier alpha value is -1.91. The summed E-state index contributed by atoms with van der Waals surface area (Å²) in [6, 6.07) is 4.19. The smallest absolute Gasteiger partial charge is 0.0827 e. The van der Waals surface area contributed by atoms with Crippen LogP contribution in [0.4, 0.5) is 5.69 Å². The van der Waals surface area contributed by atoms with Gasteiger partial charge in [0.1, 0.15) is 0 Å². The molecule has 0 unspecified atom stereocenters. The number of hydrogen-bond donors (Lipinski definition) is 0. The van der Waals surface area contributed by atoms with Gasteiger partial charge in [0.2, 0.25) is 0 Å². The van der Waals surface area contributed by atoms with Crippen LogP contribution in [0.25, 0.3) is 0 Å². The summed E-state index contributed by atoms with van der Waals surface area (Å²) >= 11 is 0. The van der Waals surface area contributed by atoms with E-state index in [4.69, 9.17) is 0 Å². The lowest BCUT2D eigenvalue weighted by atomic mass is 9.96. The summed E-state index contributed by atoms with van der Waals surface area (Å²) < 4.78 is 2.04. The maximum Gasteiger partial charge on any atom is 0.0827 e. The second-order valence-electron chi connectivity index (χ2n) is 6.17. The van der Waals surface area contributed by atoms with Crippen molar-refractivity contribution in [1.29, 1.82) is 0 Å². The minimum atomic E-state index is 0.707. The van der Waals surface area contributed by atoms with Crippen molar-refractivity contribution in [3.05, 3.63) is 36.4 Å². The first-order chi connectivity index (χ1) is 10.8. The van der Waals surface area contributed by atoms with Gasteiger partial charge in [-0.1, -0.05) is 18.6 Å². The Kier molecular flexibility index (Phi) is 5.03. The maximum absolute atomic E-state index is 4.29. The van der Waals surface area contributed by atoms with Crippen molar-refractivity contribution >= 4 is 5.69 Å². The summed E-state index contributed by atoms with van der Waals surface area (Å²) in [5.74, 6) is 0.707. The molecule has 118 valence electrons. The van der Waals surface area contributed by atoms with E-state index >= 15 is 0 Å². The minimum Gasteiger partial charge on any atom is -0.371 e. The molecule has 0 N–H and O–H groups in total. The van der Waals surface area contributed by atoms with Gasteiger partial charge in [0.25, 0.3) is 0 Å². The monoisotopic (exact) mass is 299 g/mol. The summed E-state index contributed by atoms with van der Waals surface area (Å²) in [4.78, 5) is 6.54. The quantitative estimate of drug-likeness (QED) is 0.823. The molecule has 2 aromatic heterocycles. The maximum atomic E-state index is 4.29. The summed E-state index contributed by atoms with van der Waals surface area (Å²) in [5, 5.41) is 8.56. The second kappa shape index (κ2) is 7.38. The largest absolute Gasteiger partial charge is 0.371 e. The molecular formula is C17H25N5. The first kappa shape index (κ1) is 15.0. The number of rotatable bonds is 6. The van der Waals surface area contributed by atoms with Gasteiger partial charge in [-0.15, -0.1) is 5.10 Å². The summed E-state index contributed by atoms with van der Waals surface area (Å²) in [6.07, 6.45) is 11.8. The van der Waals surface area contributed by atoms with E-state index in [2.05, 4.69) is 45.4 Å². The van der Waals surface area contributed by atoms with E-state index in [0.29, 0.717) is 5.92 Å². The third-order valence-corrected chi connectivity index (χ3v) is 4.46. The fraction of sp³-hybridized carbons (Fsp3) is 0.588. The molecule has 1 aliphatic rings. The lowest BCUT2D eigenvalue weighted by Crippen LogP contribution is -2.35. The molecule has 0 amide bonds. The van der Waals surface area contributed by atoms with Crippen LogP contribution in [0.5, 0.6) is 0 Å². The van der Waals surface area contributed by atoms with E-state index in [0.717, 1.165) is 31.7 Å². The predicted molar refractivity (Wildman–Crippen MR) is 87.8 cm³/mol. The van der Waals surface area contributed by atoms with Crippen LogP contribution >= 0.6 is 0 Å². The molecule has 0 aliphatic carbocycles. The molecule has 2 aromatic rings. The van der Waals surface area contributed by atoms with Gasteiger partial charge >= 0.3 is 0 Å². The second-order valence-corrected chi connectivity index (χ2v) is 6.17. The SMILES string of the molecule is CCCCc1cn(CC2CCN(c3ccncc3)CC2)nn1. The van der Waals surface area contributed by atoms with Crippen LogP contribution in [0, 0.1) is 5.92 Å². The highest BCUT2D eigenvalue weighted by Crippen LogP contribution is 2.23. The highest BCUT2D eigenvalue weighted by Gasteiger charge is 2.20. The van der Waals surface area contributed by atoms with Crippen molar-refractivity contribution in [3.63, 3.8) is 0 Å². The lowest BCUT2D eigenvalue weighted by Gasteiger charge is -2.33. The number of anilines is 1. The van der Waals surface area contributed by atoms with E-state index in [-0.39, 0.29) is 0 Å². The number of piperidine rings is 1. The van der Waals surface area contributed by atoms with Crippen LogP contribution < -0.4 is 4.90 Å². The van der Waals surface area contributed by atoms with Crippen LogP contribution in [0.3, 0.4) is 0 Å². The number of aryl methyl sites for hydroxylation is 1. The Balaban J connectivity index is 1.48. The molecule has 1 aliphatic heterocycles. The van der Waals surface area contributed by atoms with Gasteiger partial charge in [0.15, 0.2) is 0 Å². The van der Waals surface area contributed by atoms with E-state index in [1.165, 1.54) is 31.4 Å². The Bertz CT molecular complexity index is 557. The Labute approximate surface area is 132 Å². The fourth-order valence-electron chi connectivity index (χ4n) is 3.09. The van der Waals surface area contributed by atoms with Crippen LogP contribution in [0.2, 0.25) is 0 Å². The summed E-state index contributed by atoms with van der Waals surface area (Å²) in [7, 11) is 0. The number of hydrogen-bond acceptors (Lipinski definition) is 4. The molecule has 22 heavy (non-hydrogen) atoms. The molecule has 0 radical (unpaired) electrons. The highest BCUT2D eigenvalue weighted by molar-refractivity contribution is 5.44. The van der Waals surface area contributed by atoms with Crippen molar-refractivity contribution in [2.45, 2.75) is 45.6 Å². The van der Waals surface area contributed by atoms with Crippen LogP contribution in [0.15, 0.2) is 30.7 Å². The van der Waals surface area contributed by atoms with Gasteiger partial charge in [-0.3, -0.25) is 9.67 Å². The van der Waals surface area contributed by atoms with Crippen molar-refractivity contribution in [2.75, 3.05) is 18.0 Å². The fourth-order valence-corrected chi connectivity index (χ4v) is 3.09. The van der Waals surface area contributed by atoms with Crippen molar-refractivity contribution < 1.29 is 0 Å². The van der Waals surface area contributed by atoms with E-state index in [9.17, 15) is 0 Å². The van der Waals surface area contributed by atoms with Crippen molar-refractivity contribution in [2.24, 2.45) is 5.92 Å². The summed E-state index contributed by atoms with van der Waals surface area (Å²) in [5.41, 5.74) is 2.42. The van der Waals surface area contributed by atoms with Gasteiger partial charge in [0, 0.05) is 43.9 Å². The zero-order valence-corrected chi connectivity index (χ0v) is 13.4. The van der Waals surface area contributed by atoms with Gasteiger partial charge in [-0.05, 0) is 43.7 Å². The molecule has 0 spiro atoms. The third kappa shape index (κ3) is 3.84. The molecular weight excluding hydrogens is 274 g/mol. The van der Waals surface area contributed by atoms with Crippen LogP contribution in [0.1, 0.15) is 38.3 Å². The number of unbranched alkanes of at least 4 members (excludes halogenated alkanes) is 1.